The van der Waals surface area contributed by atoms with Crippen LogP contribution < -0.4 is 10.2 Å². The summed E-state index contributed by atoms with van der Waals surface area (Å²) in [6, 6.07) is 15.3. The van der Waals surface area contributed by atoms with Gasteiger partial charge < -0.3 is 9.15 Å². The highest BCUT2D eigenvalue weighted by Crippen LogP contribution is 2.38. The first kappa shape index (κ1) is 20.9. The number of hydrogen-bond acceptors (Lipinski definition) is 3. The van der Waals surface area contributed by atoms with Gasteiger partial charge in [0, 0.05) is 16.7 Å². The topological polar surface area (TPSA) is 39.4 Å². The van der Waals surface area contributed by atoms with E-state index in [9.17, 15) is 22.4 Å². The fourth-order valence-electron chi connectivity index (χ4n) is 3.12. The van der Waals surface area contributed by atoms with Crippen molar-refractivity contribution in [2.75, 3.05) is 0 Å². The van der Waals surface area contributed by atoms with E-state index in [1.54, 1.807) is 6.07 Å². The molecule has 0 aliphatic rings. The molecule has 0 spiro atoms. The van der Waals surface area contributed by atoms with Crippen molar-refractivity contribution < 1.29 is 26.7 Å². The Morgan fingerprint density at radius 1 is 0.968 bits per heavy atom. The zero-order chi connectivity index (χ0) is 22.2. The maximum atomic E-state index is 13.7. The highest BCUT2D eigenvalue weighted by atomic mass is 35.5. The first-order chi connectivity index (χ1) is 14.7. The highest BCUT2D eigenvalue weighted by molar-refractivity contribution is 6.30. The standard InChI is InChI=1S/C23H13ClF4O3/c24-15-7-5-13(6-8-15)20-21(29)17-10-9-16(11-19(17)31-22(20)23(26,27)28)30-12-14-3-1-2-4-18(14)25/h1-11H,12H2. The molecule has 4 aromatic rings. The number of alkyl halides is 3. The molecule has 0 N–H and O–H groups in total. The van der Waals surface area contributed by atoms with Crippen molar-refractivity contribution in [2.24, 2.45) is 0 Å². The fourth-order valence-corrected chi connectivity index (χ4v) is 3.24. The smallest absolute Gasteiger partial charge is 0.450 e. The summed E-state index contributed by atoms with van der Waals surface area (Å²) in [6.07, 6.45) is -4.91. The highest BCUT2D eigenvalue weighted by Gasteiger charge is 2.39. The van der Waals surface area contributed by atoms with Gasteiger partial charge in [0.2, 0.25) is 11.2 Å². The normalized spacial score (nSPS) is 11.6. The first-order valence-electron chi connectivity index (χ1n) is 9.04. The van der Waals surface area contributed by atoms with E-state index in [-0.39, 0.29) is 34.5 Å². The molecule has 1 aromatic heterocycles. The molecule has 4 rings (SSSR count). The Morgan fingerprint density at radius 3 is 2.35 bits per heavy atom. The van der Waals surface area contributed by atoms with E-state index in [1.165, 1.54) is 60.7 Å². The van der Waals surface area contributed by atoms with Crippen LogP contribution in [0.3, 0.4) is 0 Å². The molecule has 8 heteroatoms. The second kappa shape index (κ2) is 8.07. The quantitative estimate of drug-likeness (QED) is 0.320. The summed E-state index contributed by atoms with van der Waals surface area (Å²) in [4.78, 5) is 12.9. The monoisotopic (exact) mass is 448 g/mol. The lowest BCUT2D eigenvalue weighted by Crippen LogP contribution is -2.16. The summed E-state index contributed by atoms with van der Waals surface area (Å²) in [7, 11) is 0. The Morgan fingerprint density at radius 2 is 1.68 bits per heavy atom. The van der Waals surface area contributed by atoms with E-state index in [4.69, 9.17) is 20.8 Å². The van der Waals surface area contributed by atoms with Gasteiger partial charge in [-0.2, -0.15) is 13.2 Å². The zero-order valence-corrected chi connectivity index (χ0v) is 16.4. The maximum absolute atomic E-state index is 13.7. The average molecular weight is 449 g/mol. The van der Waals surface area contributed by atoms with Gasteiger partial charge in [-0.15, -0.1) is 0 Å². The number of fused-ring (bicyclic) bond motifs is 1. The summed E-state index contributed by atoms with van der Waals surface area (Å²) >= 11 is 5.80. The van der Waals surface area contributed by atoms with Gasteiger partial charge in [0.25, 0.3) is 0 Å². The van der Waals surface area contributed by atoms with Gasteiger partial charge >= 0.3 is 6.18 Å². The van der Waals surface area contributed by atoms with Crippen molar-refractivity contribution in [1.82, 2.24) is 0 Å². The first-order valence-corrected chi connectivity index (χ1v) is 9.42. The van der Waals surface area contributed by atoms with Crippen LogP contribution in [0.15, 0.2) is 75.9 Å². The number of hydrogen-bond donors (Lipinski definition) is 0. The van der Waals surface area contributed by atoms with Crippen molar-refractivity contribution in [3.05, 3.63) is 99.1 Å². The van der Waals surface area contributed by atoms with Crippen molar-refractivity contribution in [2.45, 2.75) is 12.8 Å². The third-order valence-corrected chi connectivity index (χ3v) is 4.86. The van der Waals surface area contributed by atoms with Crippen molar-refractivity contribution in [3.8, 4) is 16.9 Å². The lowest BCUT2D eigenvalue weighted by Gasteiger charge is -2.13. The Kier molecular flexibility index (Phi) is 5.45. The van der Waals surface area contributed by atoms with Gasteiger partial charge in [0.1, 0.15) is 23.8 Å². The third kappa shape index (κ3) is 4.27. The molecule has 0 bridgehead atoms. The van der Waals surface area contributed by atoms with Crippen LogP contribution in [0, 0.1) is 5.82 Å². The molecular weight excluding hydrogens is 436 g/mol. The summed E-state index contributed by atoms with van der Waals surface area (Å²) in [5.41, 5.74) is -1.42. The van der Waals surface area contributed by atoms with Gasteiger partial charge in [-0.1, -0.05) is 41.9 Å². The second-order valence-corrected chi connectivity index (χ2v) is 7.11. The van der Waals surface area contributed by atoms with E-state index >= 15 is 0 Å². The molecule has 0 fully saturated rings. The van der Waals surface area contributed by atoms with Crippen LogP contribution in [0.5, 0.6) is 5.75 Å². The minimum atomic E-state index is -4.91. The maximum Gasteiger partial charge on any atom is 0.450 e. The third-order valence-electron chi connectivity index (χ3n) is 4.61. The summed E-state index contributed by atoms with van der Waals surface area (Å²) in [5.74, 6) is -1.76. The van der Waals surface area contributed by atoms with Crippen LogP contribution in [0.25, 0.3) is 22.1 Å². The Hall–Kier alpha value is -3.32. The summed E-state index contributed by atoms with van der Waals surface area (Å²) in [6.45, 7) is -0.141. The van der Waals surface area contributed by atoms with Crippen LogP contribution in [-0.4, -0.2) is 0 Å². The summed E-state index contributed by atoms with van der Waals surface area (Å²) < 4.78 is 65.5. The molecule has 3 aromatic carbocycles. The molecule has 0 saturated carbocycles. The Balaban J connectivity index is 1.80. The van der Waals surface area contributed by atoms with Gasteiger partial charge in [0.15, 0.2) is 0 Å². The van der Waals surface area contributed by atoms with Crippen LogP contribution in [0.1, 0.15) is 11.3 Å². The number of benzene rings is 3. The average Bonchev–Trinajstić information content (AvgIpc) is 2.73. The largest absolute Gasteiger partial charge is 0.489 e. The molecule has 1 heterocycles. The van der Waals surface area contributed by atoms with E-state index < -0.39 is 28.7 Å². The molecule has 0 unspecified atom stereocenters. The number of halogens is 5. The van der Waals surface area contributed by atoms with Crippen molar-refractivity contribution in [1.29, 1.82) is 0 Å². The second-order valence-electron chi connectivity index (χ2n) is 6.68. The van der Waals surface area contributed by atoms with E-state index in [0.717, 1.165) is 0 Å². The van der Waals surface area contributed by atoms with Gasteiger partial charge in [0.05, 0.1) is 10.9 Å². The lowest BCUT2D eigenvalue weighted by atomic mass is 10.0. The number of rotatable bonds is 4. The fraction of sp³-hybridized carbons (Fsp3) is 0.0870. The van der Waals surface area contributed by atoms with E-state index in [2.05, 4.69) is 0 Å². The molecular formula is C23H13ClF4O3. The molecule has 0 radical (unpaired) electrons. The van der Waals surface area contributed by atoms with Gasteiger partial charge in [-0.05, 0) is 35.9 Å². The molecule has 0 saturated heterocycles. The van der Waals surface area contributed by atoms with Crippen LogP contribution >= 0.6 is 11.6 Å². The van der Waals surface area contributed by atoms with Gasteiger partial charge in [-0.25, -0.2) is 4.39 Å². The molecule has 3 nitrogen and oxygen atoms in total. The Labute approximate surface area is 178 Å². The van der Waals surface area contributed by atoms with Crippen LogP contribution in [-0.2, 0) is 12.8 Å². The molecule has 0 amide bonds. The Bertz CT molecular complexity index is 1310. The minimum Gasteiger partial charge on any atom is -0.489 e. The van der Waals surface area contributed by atoms with Crippen LogP contribution in [0.2, 0.25) is 5.02 Å². The molecule has 158 valence electrons. The molecule has 0 atom stereocenters. The molecule has 31 heavy (non-hydrogen) atoms. The summed E-state index contributed by atoms with van der Waals surface area (Å²) in [5, 5.41) is 0.273. The predicted octanol–water partition coefficient (Wildman–Crippen LogP) is 6.85. The predicted molar refractivity (Wildman–Crippen MR) is 109 cm³/mol. The van der Waals surface area contributed by atoms with E-state index in [0.29, 0.717) is 5.02 Å². The number of ether oxygens (including phenoxy) is 1. The SMILES string of the molecule is O=c1c(-c2ccc(Cl)cc2)c(C(F)(F)F)oc2cc(OCc3ccccc3F)ccc12. The minimum absolute atomic E-state index is 0.0345. The van der Waals surface area contributed by atoms with E-state index in [1.807, 2.05) is 0 Å². The molecule has 0 aliphatic heterocycles. The zero-order valence-electron chi connectivity index (χ0n) is 15.7. The van der Waals surface area contributed by atoms with Crippen LogP contribution in [0.4, 0.5) is 17.6 Å². The van der Waals surface area contributed by atoms with Gasteiger partial charge in [-0.3, -0.25) is 4.79 Å². The lowest BCUT2D eigenvalue weighted by molar-refractivity contribution is -0.152. The molecule has 0 aliphatic carbocycles. The van der Waals surface area contributed by atoms with Crippen molar-refractivity contribution >= 4 is 22.6 Å². The van der Waals surface area contributed by atoms with Crippen molar-refractivity contribution in [3.63, 3.8) is 0 Å².